The zero-order valence-electron chi connectivity index (χ0n) is 9.28. The van der Waals surface area contributed by atoms with Crippen molar-refractivity contribution in [2.75, 3.05) is 27.9 Å². The molecule has 0 fully saturated rings. The molecule has 1 atom stereocenters. The molecule has 0 aromatic heterocycles. The molecule has 0 saturated carbocycles. The highest BCUT2D eigenvalue weighted by molar-refractivity contribution is 6.60. The normalized spacial score (nSPS) is 14.4. The van der Waals surface area contributed by atoms with E-state index in [1.165, 1.54) is 0 Å². The Morgan fingerprint density at radius 1 is 1.14 bits per heavy atom. The van der Waals surface area contributed by atoms with E-state index in [-0.39, 0.29) is 0 Å². The second-order valence-corrected chi connectivity index (χ2v) is 5.96. The molecule has 1 unspecified atom stereocenters. The summed E-state index contributed by atoms with van der Waals surface area (Å²) in [5.74, 6) is 0. The Hall–Kier alpha value is 0.0169. The topological polar surface area (TPSA) is 57.2 Å². The number of rotatable bonds is 8. The molecule has 0 radical (unpaired) electrons. The Labute approximate surface area is 86.3 Å². The van der Waals surface area contributed by atoms with Crippen molar-refractivity contribution >= 4 is 8.80 Å². The third-order valence-corrected chi connectivity index (χ3v) is 4.75. The molecule has 0 rings (SSSR count). The Morgan fingerprint density at radius 2 is 1.64 bits per heavy atom. The zero-order valence-corrected chi connectivity index (χ0v) is 10.3. The first-order chi connectivity index (χ1) is 6.60. The van der Waals surface area contributed by atoms with Crippen molar-refractivity contribution in [2.24, 2.45) is 0 Å². The summed E-state index contributed by atoms with van der Waals surface area (Å²) < 4.78 is 20.6. The summed E-state index contributed by atoms with van der Waals surface area (Å²) in [7, 11) is 2.28. The molecule has 6 heteroatoms. The van der Waals surface area contributed by atoms with E-state index < -0.39 is 15.1 Å². The van der Waals surface area contributed by atoms with Crippen molar-refractivity contribution in [1.82, 2.24) is 0 Å². The zero-order chi connectivity index (χ0) is 11.0. The van der Waals surface area contributed by atoms with Crippen LogP contribution in [0.3, 0.4) is 0 Å². The van der Waals surface area contributed by atoms with Crippen LogP contribution in [0.1, 0.15) is 13.3 Å². The van der Waals surface area contributed by atoms with E-state index in [1.54, 1.807) is 28.3 Å². The summed E-state index contributed by atoms with van der Waals surface area (Å²) in [5, 5.41) is 8.85. The van der Waals surface area contributed by atoms with Gasteiger partial charge in [-0.3, -0.25) is 0 Å². The van der Waals surface area contributed by atoms with Gasteiger partial charge in [-0.2, -0.15) is 0 Å². The first-order valence-electron chi connectivity index (χ1n) is 4.55. The molecule has 0 aliphatic rings. The average Bonchev–Trinajstić information content (AvgIpc) is 2.19. The van der Waals surface area contributed by atoms with Crippen LogP contribution in [-0.4, -0.2) is 48.1 Å². The molecular formula is C8H20O5Si. The van der Waals surface area contributed by atoms with Gasteiger partial charge in [-0.25, -0.2) is 0 Å². The lowest BCUT2D eigenvalue weighted by Crippen LogP contribution is -2.42. The molecule has 0 amide bonds. The molecule has 0 aromatic carbocycles. The molecule has 0 spiro atoms. The minimum Gasteiger partial charge on any atom is -0.377 e. The Balaban J connectivity index is 3.71. The molecule has 0 aromatic rings. The summed E-state index contributed by atoms with van der Waals surface area (Å²) in [6, 6.07) is 0.684. The Kier molecular flexibility index (Phi) is 7.34. The number of aliphatic hydroxyl groups excluding tert-OH is 1. The largest absolute Gasteiger partial charge is 0.500 e. The molecule has 0 aliphatic heterocycles. The van der Waals surface area contributed by atoms with Gasteiger partial charge in [-0.05, 0) is 13.3 Å². The van der Waals surface area contributed by atoms with Crippen molar-refractivity contribution < 1.29 is 23.1 Å². The van der Waals surface area contributed by atoms with E-state index in [1.807, 2.05) is 0 Å². The van der Waals surface area contributed by atoms with Crippen LogP contribution in [0.5, 0.6) is 0 Å². The van der Waals surface area contributed by atoms with Crippen LogP contribution >= 0.6 is 0 Å². The Bertz CT molecular complexity index is 129. The molecule has 0 heterocycles. The standard InChI is InChI=1S/C8H20O5Si/c1-8(9)13-6-5-7-14(10-2,11-3)12-4/h8-9H,5-7H2,1-4H3. The van der Waals surface area contributed by atoms with Crippen LogP contribution in [-0.2, 0) is 18.0 Å². The molecule has 86 valence electrons. The van der Waals surface area contributed by atoms with Crippen LogP contribution in [0.4, 0.5) is 0 Å². The maximum Gasteiger partial charge on any atom is 0.500 e. The lowest BCUT2D eigenvalue weighted by Gasteiger charge is -2.24. The smallest absolute Gasteiger partial charge is 0.377 e. The average molecular weight is 224 g/mol. The second kappa shape index (κ2) is 7.33. The van der Waals surface area contributed by atoms with Crippen molar-refractivity contribution in [1.29, 1.82) is 0 Å². The van der Waals surface area contributed by atoms with Gasteiger partial charge in [0.05, 0.1) is 0 Å². The molecular weight excluding hydrogens is 204 g/mol. The molecule has 5 nitrogen and oxygen atoms in total. The van der Waals surface area contributed by atoms with Gasteiger partial charge >= 0.3 is 8.80 Å². The van der Waals surface area contributed by atoms with Crippen molar-refractivity contribution in [3.63, 3.8) is 0 Å². The van der Waals surface area contributed by atoms with Crippen LogP contribution in [0.15, 0.2) is 0 Å². The highest BCUT2D eigenvalue weighted by Crippen LogP contribution is 2.14. The van der Waals surface area contributed by atoms with Gasteiger partial charge in [0.15, 0.2) is 6.29 Å². The minimum absolute atomic E-state index is 0.475. The summed E-state index contributed by atoms with van der Waals surface area (Å²) in [6.45, 7) is 2.05. The van der Waals surface area contributed by atoms with E-state index in [2.05, 4.69) is 0 Å². The fourth-order valence-corrected chi connectivity index (χ4v) is 2.79. The minimum atomic E-state index is -2.45. The molecule has 0 bridgehead atoms. The van der Waals surface area contributed by atoms with Crippen LogP contribution in [0.2, 0.25) is 6.04 Å². The fraction of sp³-hybridized carbons (Fsp3) is 1.00. The van der Waals surface area contributed by atoms with Crippen LogP contribution < -0.4 is 0 Å². The van der Waals surface area contributed by atoms with Gasteiger partial charge in [0, 0.05) is 34.0 Å². The summed E-state index contributed by atoms with van der Waals surface area (Å²) in [5.41, 5.74) is 0. The van der Waals surface area contributed by atoms with Gasteiger partial charge in [0.2, 0.25) is 0 Å². The molecule has 0 saturated heterocycles. The lowest BCUT2D eigenvalue weighted by atomic mass is 10.5. The first kappa shape index (κ1) is 14.0. The van der Waals surface area contributed by atoms with E-state index in [0.29, 0.717) is 12.7 Å². The third-order valence-electron chi connectivity index (χ3n) is 1.92. The molecule has 0 aliphatic carbocycles. The SMILES string of the molecule is CO[Si](CCCOC(C)O)(OC)OC. The van der Waals surface area contributed by atoms with Gasteiger partial charge < -0.3 is 23.1 Å². The van der Waals surface area contributed by atoms with E-state index >= 15 is 0 Å². The van der Waals surface area contributed by atoms with Crippen molar-refractivity contribution in [3.8, 4) is 0 Å². The monoisotopic (exact) mass is 224 g/mol. The van der Waals surface area contributed by atoms with E-state index in [4.69, 9.17) is 23.1 Å². The maximum absolute atomic E-state index is 8.85. The summed E-state index contributed by atoms with van der Waals surface area (Å²) in [6.07, 6.45) is 0.0193. The van der Waals surface area contributed by atoms with Crippen molar-refractivity contribution in [3.05, 3.63) is 0 Å². The lowest BCUT2D eigenvalue weighted by molar-refractivity contribution is -0.0853. The molecule has 1 N–H and O–H groups in total. The van der Waals surface area contributed by atoms with Crippen LogP contribution in [0, 0.1) is 0 Å². The van der Waals surface area contributed by atoms with Gasteiger partial charge in [-0.15, -0.1) is 0 Å². The molecule has 14 heavy (non-hydrogen) atoms. The third kappa shape index (κ3) is 5.04. The number of ether oxygens (including phenoxy) is 1. The number of aliphatic hydroxyl groups is 1. The quantitative estimate of drug-likeness (QED) is 0.372. The van der Waals surface area contributed by atoms with Gasteiger partial charge in [0.25, 0.3) is 0 Å². The summed E-state index contributed by atoms with van der Waals surface area (Å²) >= 11 is 0. The number of hydrogen-bond donors (Lipinski definition) is 1. The van der Waals surface area contributed by atoms with E-state index in [9.17, 15) is 0 Å². The van der Waals surface area contributed by atoms with E-state index in [0.717, 1.165) is 6.42 Å². The highest BCUT2D eigenvalue weighted by atomic mass is 28.4. The predicted octanol–water partition coefficient (Wildman–Crippen LogP) is 0.609. The Morgan fingerprint density at radius 3 is 2.00 bits per heavy atom. The van der Waals surface area contributed by atoms with Gasteiger partial charge in [-0.1, -0.05) is 0 Å². The summed E-state index contributed by atoms with van der Waals surface area (Å²) in [4.78, 5) is 0. The van der Waals surface area contributed by atoms with Gasteiger partial charge in [0.1, 0.15) is 0 Å². The highest BCUT2D eigenvalue weighted by Gasteiger charge is 2.36. The number of hydrogen-bond acceptors (Lipinski definition) is 5. The second-order valence-electron chi connectivity index (χ2n) is 2.87. The van der Waals surface area contributed by atoms with Crippen molar-refractivity contribution in [2.45, 2.75) is 25.7 Å². The fourth-order valence-electron chi connectivity index (χ4n) is 1.10. The first-order valence-corrected chi connectivity index (χ1v) is 6.48. The predicted molar refractivity (Wildman–Crippen MR) is 53.8 cm³/mol. The van der Waals surface area contributed by atoms with Crippen LogP contribution in [0.25, 0.3) is 0 Å². The maximum atomic E-state index is 8.85.